The molecule has 1 fully saturated rings. The molecule has 3 heteroatoms. The Bertz CT molecular complexity index is 110. The van der Waals surface area contributed by atoms with Crippen LogP contribution in [0.2, 0.25) is 0 Å². The fourth-order valence-corrected chi connectivity index (χ4v) is 2.04. The normalized spacial score (nSPS) is 35.1. The van der Waals surface area contributed by atoms with Crippen molar-refractivity contribution in [2.24, 2.45) is 5.92 Å². The van der Waals surface area contributed by atoms with E-state index in [1.165, 1.54) is 13.0 Å². The molecular weight excluding hydrogens is 241 g/mol. The highest BCUT2D eigenvalue weighted by Gasteiger charge is 2.26. The number of halogens is 1. The molecule has 0 spiro atoms. The van der Waals surface area contributed by atoms with Crippen LogP contribution in [-0.2, 0) is 3.07 Å². The molecule has 0 aromatic heterocycles. The summed E-state index contributed by atoms with van der Waals surface area (Å²) in [5.74, 6) is 0.849. The molecule has 2 unspecified atom stereocenters. The Balaban J connectivity index is 2.31. The van der Waals surface area contributed by atoms with Crippen molar-refractivity contribution in [3.63, 3.8) is 0 Å². The van der Waals surface area contributed by atoms with Gasteiger partial charge in [-0.2, -0.15) is 0 Å². The van der Waals surface area contributed by atoms with E-state index in [9.17, 15) is 0 Å². The van der Waals surface area contributed by atoms with Gasteiger partial charge in [0.15, 0.2) is 0 Å². The Morgan fingerprint density at radius 1 is 1.70 bits per heavy atom. The quantitative estimate of drug-likeness (QED) is 0.696. The Morgan fingerprint density at radius 2 is 2.40 bits per heavy atom. The average Bonchev–Trinajstić information content (AvgIpc) is 2.13. The molecule has 0 aromatic rings. The van der Waals surface area contributed by atoms with E-state index in [-0.39, 0.29) is 0 Å². The molecule has 1 aliphatic rings. The zero-order valence-electron chi connectivity index (χ0n) is 6.51. The van der Waals surface area contributed by atoms with Gasteiger partial charge in [0.1, 0.15) is 23.0 Å². The van der Waals surface area contributed by atoms with E-state index in [1.54, 1.807) is 0 Å². The Kier molecular flexibility index (Phi) is 3.39. The Hall–Kier alpha value is 0.650. The van der Waals surface area contributed by atoms with Gasteiger partial charge in [-0.1, -0.05) is 6.92 Å². The van der Waals surface area contributed by atoms with Gasteiger partial charge >= 0.3 is 0 Å². The van der Waals surface area contributed by atoms with Gasteiger partial charge in [0.25, 0.3) is 0 Å². The predicted molar refractivity (Wildman–Crippen MR) is 50.2 cm³/mol. The van der Waals surface area contributed by atoms with Gasteiger partial charge in [0.05, 0.1) is 6.61 Å². The smallest absolute Gasteiger partial charge is 0.109 e. The summed E-state index contributed by atoms with van der Waals surface area (Å²) in [5, 5.41) is 0. The van der Waals surface area contributed by atoms with E-state index in [1.807, 2.05) is 23.0 Å². The minimum Gasteiger partial charge on any atom is -0.314 e. The van der Waals surface area contributed by atoms with Crippen LogP contribution in [0.3, 0.4) is 0 Å². The van der Waals surface area contributed by atoms with Gasteiger partial charge in [-0.05, 0) is 19.4 Å². The maximum absolute atomic E-state index is 5.07. The summed E-state index contributed by atoms with van der Waals surface area (Å²) in [7, 11) is 2.17. The zero-order chi connectivity index (χ0) is 7.56. The molecule has 0 N–H and O–H groups in total. The highest BCUT2D eigenvalue weighted by atomic mass is 127. The number of likely N-dealkylation sites (N-methyl/N-ethyl adjacent to an activating group) is 1. The summed E-state index contributed by atoms with van der Waals surface area (Å²) in [4.78, 5) is 2.38. The van der Waals surface area contributed by atoms with Gasteiger partial charge in [-0.15, -0.1) is 0 Å². The van der Waals surface area contributed by atoms with Crippen LogP contribution in [0.5, 0.6) is 0 Å². The van der Waals surface area contributed by atoms with Gasteiger partial charge in [-0.25, -0.2) is 0 Å². The highest BCUT2D eigenvalue weighted by molar-refractivity contribution is 14.1. The molecule has 1 saturated heterocycles. The standard InChI is InChI=1S/C7H14INO/c1-6-3-7(5-10-8)9(2)4-6/h6-7H,3-5H2,1-2H3. The number of hydrogen-bond donors (Lipinski definition) is 0. The summed E-state index contributed by atoms with van der Waals surface area (Å²) in [6.45, 7) is 4.40. The molecule has 0 radical (unpaired) electrons. The Morgan fingerprint density at radius 3 is 2.80 bits per heavy atom. The number of rotatable bonds is 2. The van der Waals surface area contributed by atoms with E-state index in [2.05, 4.69) is 18.9 Å². The molecule has 60 valence electrons. The summed E-state index contributed by atoms with van der Waals surface area (Å²) in [6, 6.07) is 0.659. The van der Waals surface area contributed by atoms with Crippen LogP contribution in [0, 0.1) is 5.92 Å². The molecule has 1 rings (SSSR count). The monoisotopic (exact) mass is 255 g/mol. The van der Waals surface area contributed by atoms with Gasteiger partial charge in [0.2, 0.25) is 0 Å². The maximum atomic E-state index is 5.07. The summed E-state index contributed by atoms with van der Waals surface area (Å²) >= 11 is 1.97. The fourth-order valence-electron chi connectivity index (χ4n) is 1.63. The first-order valence-electron chi connectivity index (χ1n) is 3.67. The van der Waals surface area contributed by atoms with Crippen molar-refractivity contribution in [1.82, 2.24) is 4.90 Å². The van der Waals surface area contributed by atoms with Crippen LogP contribution in [0.25, 0.3) is 0 Å². The third-order valence-corrected chi connectivity index (χ3v) is 2.51. The van der Waals surface area contributed by atoms with Crippen LogP contribution in [0.4, 0.5) is 0 Å². The molecule has 1 heterocycles. The van der Waals surface area contributed by atoms with E-state index in [0.717, 1.165) is 12.5 Å². The molecule has 2 atom stereocenters. The second-order valence-corrected chi connectivity index (χ2v) is 3.83. The molecule has 0 aromatic carbocycles. The summed E-state index contributed by atoms with van der Waals surface area (Å²) < 4.78 is 5.07. The SMILES string of the molecule is CC1CC(COI)N(C)C1. The first-order chi connectivity index (χ1) is 4.74. The van der Waals surface area contributed by atoms with Crippen LogP contribution < -0.4 is 0 Å². The summed E-state index contributed by atoms with van der Waals surface area (Å²) in [5.41, 5.74) is 0. The second-order valence-electron chi connectivity index (χ2n) is 3.21. The number of likely N-dealkylation sites (tertiary alicyclic amines) is 1. The van der Waals surface area contributed by atoms with E-state index in [4.69, 9.17) is 3.07 Å². The lowest BCUT2D eigenvalue weighted by Crippen LogP contribution is -2.28. The highest BCUT2D eigenvalue weighted by Crippen LogP contribution is 2.21. The Labute approximate surface area is 76.6 Å². The molecule has 2 nitrogen and oxygen atoms in total. The number of hydrogen-bond acceptors (Lipinski definition) is 2. The van der Waals surface area contributed by atoms with Crippen molar-refractivity contribution < 1.29 is 3.07 Å². The lowest BCUT2D eigenvalue weighted by atomic mass is 10.1. The van der Waals surface area contributed by atoms with Crippen molar-refractivity contribution in [2.45, 2.75) is 19.4 Å². The molecular formula is C7H14INO. The van der Waals surface area contributed by atoms with E-state index in [0.29, 0.717) is 6.04 Å². The largest absolute Gasteiger partial charge is 0.314 e. The first-order valence-corrected chi connectivity index (χ1v) is 4.56. The molecule has 0 aliphatic carbocycles. The molecule has 1 aliphatic heterocycles. The lowest BCUT2D eigenvalue weighted by Gasteiger charge is -2.16. The fraction of sp³-hybridized carbons (Fsp3) is 1.00. The van der Waals surface area contributed by atoms with Gasteiger partial charge in [-0.3, -0.25) is 0 Å². The third kappa shape index (κ3) is 2.07. The zero-order valence-corrected chi connectivity index (χ0v) is 8.67. The van der Waals surface area contributed by atoms with Crippen LogP contribution in [-0.4, -0.2) is 31.1 Å². The van der Waals surface area contributed by atoms with Crippen molar-refractivity contribution in [1.29, 1.82) is 0 Å². The van der Waals surface area contributed by atoms with E-state index >= 15 is 0 Å². The summed E-state index contributed by atoms with van der Waals surface area (Å²) in [6.07, 6.45) is 1.29. The maximum Gasteiger partial charge on any atom is 0.109 e. The molecule has 0 bridgehead atoms. The van der Waals surface area contributed by atoms with Gasteiger partial charge < -0.3 is 7.97 Å². The predicted octanol–water partition coefficient (Wildman–Crippen LogP) is 1.69. The van der Waals surface area contributed by atoms with Gasteiger partial charge in [0, 0.05) is 12.6 Å². The topological polar surface area (TPSA) is 12.5 Å². The number of nitrogens with zero attached hydrogens (tertiary/aromatic N) is 1. The van der Waals surface area contributed by atoms with Crippen LogP contribution >= 0.6 is 23.0 Å². The van der Waals surface area contributed by atoms with Crippen molar-refractivity contribution in [2.75, 3.05) is 20.2 Å². The molecule has 10 heavy (non-hydrogen) atoms. The second kappa shape index (κ2) is 3.88. The van der Waals surface area contributed by atoms with Crippen LogP contribution in [0.1, 0.15) is 13.3 Å². The molecule has 0 amide bonds. The minimum atomic E-state index is 0.659. The van der Waals surface area contributed by atoms with E-state index < -0.39 is 0 Å². The minimum absolute atomic E-state index is 0.659. The first kappa shape index (κ1) is 8.74. The van der Waals surface area contributed by atoms with Crippen LogP contribution in [0.15, 0.2) is 0 Å². The average molecular weight is 255 g/mol. The lowest BCUT2D eigenvalue weighted by molar-refractivity contribution is 0.237. The van der Waals surface area contributed by atoms with Crippen molar-refractivity contribution in [3.05, 3.63) is 0 Å². The van der Waals surface area contributed by atoms with Crippen molar-refractivity contribution in [3.8, 4) is 0 Å². The third-order valence-electron chi connectivity index (χ3n) is 2.15. The molecule has 0 saturated carbocycles. The van der Waals surface area contributed by atoms with Crippen molar-refractivity contribution >= 4 is 23.0 Å².